The zero-order chi connectivity index (χ0) is 15.0. The lowest BCUT2D eigenvalue weighted by Gasteiger charge is -2.37. The van der Waals surface area contributed by atoms with E-state index in [0.29, 0.717) is 24.2 Å². The van der Waals surface area contributed by atoms with Gasteiger partial charge in [0.25, 0.3) is 0 Å². The number of hydrogen-bond donors (Lipinski definition) is 1. The van der Waals surface area contributed by atoms with Crippen molar-refractivity contribution in [2.45, 2.75) is 32.7 Å². The average Bonchev–Trinajstić information content (AvgIpc) is 2.84. The number of hydrogen-bond acceptors (Lipinski definition) is 4. The molecule has 7 heteroatoms. The van der Waals surface area contributed by atoms with Crippen LogP contribution in [0.4, 0.5) is 4.39 Å². The highest BCUT2D eigenvalue weighted by Crippen LogP contribution is 2.43. The number of benzene rings is 1. The van der Waals surface area contributed by atoms with Gasteiger partial charge in [0.2, 0.25) is 0 Å². The molecule has 1 fully saturated rings. The topological polar surface area (TPSA) is 80.9 Å². The van der Waals surface area contributed by atoms with E-state index in [1.165, 1.54) is 16.8 Å². The summed E-state index contributed by atoms with van der Waals surface area (Å²) in [5, 5.41) is 20.8. The van der Waals surface area contributed by atoms with Crippen molar-refractivity contribution in [2.75, 3.05) is 0 Å². The van der Waals surface area contributed by atoms with Crippen molar-refractivity contribution in [3.8, 4) is 11.4 Å². The lowest BCUT2D eigenvalue weighted by molar-refractivity contribution is -0.156. The van der Waals surface area contributed by atoms with Gasteiger partial charge in [0.15, 0.2) is 5.82 Å². The molecular formula is C14H15FN4O2. The van der Waals surface area contributed by atoms with Crippen LogP contribution in [0.25, 0.3) is 11.4 Å². The number of aryl methyl sites for hydroxylation is 1. The van der Waals surface area contributed by atoms with E-state index in [9.17, 15) is 14.3 Å². The Hall–Kier alpha value is -2.31. The molecule has 1 aliphatic carbocycles. The first-order valence-electron chi connectivity index (χ1n) is 6.78. The van der Waals surface area contributed by atoms with Crippen LogP contribution in [0.5, 0.6) is 0 Å². The summed E-state index contributed by atoms with van der Waals surface area (Å²) in [6.07, 6.45) is 2.12. The van der Waals surface area contributed by atoms with Gasteiger partial charge in [-0.3, -0.25) is 4.79 Å². The number of aliphatic carboxylic acids is 1. The Kier molecular flexibility index (Phi) is 3.19. The van der Waals surface area contributed by atoms with Crippen LogP contribution in [0, 0.1) is 18.2 Å². The number of carboxylic acid groups (broad SMARTS) is 1. The van der Waals surface area contributed by atoms with Gasteiger partial charge in [-0.15, -0.1) is 5.10 Å². The third kappa shape index (κ3) is 2.28. The molecule has 3 rings (SSSR count). The number of aromatic nitrogens is 4. The molecule has 0 bridgehead atoms. The van der Waals surface area contributed by atoms with Crippen LogP contribution in [0.15, 0.2) is 18.2 Å². The number of halogens is 1. The molecule has 1 N–H and O–H groups in total. The fraction of sp³-hybridized carbons (Fsp3) is 0.429. The van der Waals surface area contributed by atoms with Crippen LogP contribution in [0.1, 0.15) is 24.8 Å². The van der Waals surface area contributed by atoms with Crippen LogP contribution in [0.3, 0.4) is 0 Å². The van der Waals surface area contributed by atoms with Gasteiger partial charge in [-0.1, -0.05) is 12.5 Å². The second-order valence-electron chi connectivity index (χ2n) is 5.56. The molecule has 0 aliphatic heterocycles. The molecule has 0 spiro atoms. The molecule has 1 aliphatic rings. The summed E-state index contributed by atoms with van der Waals surface area (Å²) in [4.78, 5) is 11.5. The van der Waals surface area contributed by atoms with Crippen molar-refractivity contribution in [1.29, 1.82) is 0 Å². The Morgan fingerprint density at radius 1 is 1.48 bits per heavy atom. The van der Waals surface area contributed by atoms with Gasteiger partial charge in [0, 0.05) is 5.56 Å². The van der Waals surface area contributed by atoms with E-state index in [-0.39, 0.29) is 12.4 Å². The monoisotopic (exact) mass is 290 g/mol. The minimum atomic E-state index is -0.828. The highest BCUT2D eigenvalue weighted by molar-refractivity contribution is 5.75. The Labute approximate surface area is 120 Å². The maximum absolute atomic E-state index is 13.4. The Bertz CT molecular complexity index is 694. The second kappa shape index (κ2) is 4.91. The van der Waals surface area contributed by atoms with Crippen molar-refractivity contribution < 1.29 is 14.3 Å². The van der Waals surface area contributed by atoms with Crippen LogP contribution < -0.4 is 0 Å². The van der Waals surface area contributed by atoms with E-state index in [1.54, 1.807) is 6.07 Å². The normalized spacial score (nSPS) is 16.5. The van der Waals surface area contributed by atoms with E-state index in [0.717, 1.165) is 12.0 Å². The van der Waals surface area contributed by atoms with Crippen LogP contribution >= 0.6 is 0 Å². The van der Waals surface area contributed by atoms with Gasteiger partial charge in [-0.05, 0) is 47.9 Å². The number of tetrazole rings is 1. The number of nitrogens with zero attached hydrogens (tertiary/aromatic N) is 4. The fourth-order valence-corrected chi connectivity index (χ4v) is 2.67. The smallest absolute Gasteiger partial charge is 0.311 e. The summed E-state index contributed by atoms with van der Waals surface area (Å²) in [5.41, 5.74) is 0.621. The highest BCUT2D eigenvalue weighted by Gasteiger charge is 2.45. The van der Waals surface area contributed by atoms with Gasteiger partial charge in [0.05, 0.1) is 12.0 Å². The Morgan fingerprint density at radius 2 is 2.24 bits per heavy atom. The van der Waals surface area contributed by atoms with Gasteiger partial charge in [-0.25, -0.2) is 9.07 Å². The molecule has 1 heterocycles. The Morgan fingerprint density at radius 3 is 2.86 bits per heavy atom. The van der Waals surface area contributed by atoms with E-state index in [4.69, 9.17) is 0 Å². The molecule has 110 valence electrons. The minimum Gasteiger partial charge on any atom is -0.481 e. The molecule has 1 aromatic heterocycles. The molecule has 2 aromatic rings. The highest BCUT2D eigenvalue weighted by atomic mass is 19.1. The number of rotatable bonds is 4. The molecule has 0 amide bonds. The predicted octanol–water partition coefficient (Wildman–Crippen LogP) is 2.04. The fourth-order valence-electron chi connectivity index (χ4n) is 2.67. The third-order valence-electron chi connectivity index (χ3n) is 4.19. The second-order valence-corrected chi connectivity index (χ2v) is 5.56. The molecule has 1 aromatic carbocycles. The largest absolute Gasteiger partial charge is 0.481 e. The Balaban J connectivity index is 1.98. The van der Waals surface area contributed by atoms with Gasteiger partial charge >= 0.3 is 5.97 Å². The summed E-state index contributed by atoms with van der Waals surface area (Å²) in [6.45, 7) is 2.05. The molecule has 1 saturated carbocycles. The van der Waals surface area contributed by atoms with E-state index in [1.807, 2.05) is 6.92 Å². The minimum absolute atomic E-state index is 0.209. The van der Waals surface area contributed by atoms with E-state index < -0.39 is 11.4 Å². The van der Waals surface area contributed by atoms with Crippen molar-refractivity contribution in [1.82, 2.24) is 20.2 Å². The maximum Gasteiger partial charge on any atom is 0.311 e. The first-order valence-corrected chi connectivity index (χ1v) is 6.78. The van der Waals surface area contributed by atoms with Gasteiger partial charge in [-0.2, -0.15) is 0 Å². The van der Waals surface area contributed by atoms with Crippen LogP contribution in [-0.4, -0.2) is 31.3 Å². The predicted molar refractivity (Wildman–Crippen MR) is 71.9 cm³/mol. The quantitative estimate of drug-likeness (QED) is 0.932. The molecule has 0 saturated heterocycles. The van der Waals surface area contributed by atoms with E-state index in [2.05, 4.69) is 15.5 Å². The first kappa shape index (κ1) is 13.7. The summed E-state index contributed by atoms with van der Waals surface area (Å²) in [5.74, 6) is -0.799. The summed E-state index contributed by atoms with van der Waals surface area (Å²) < 4.78 is 14.9. The summed E-state index contributed by atoms with van der Waals surface area (Å²) in [6, 6.07) is 4.39. The third-order valence-corrected chi connectivity index (χ3v) is 4.19. The lowest BCUT2D eigenvalue weighted by Crippen LogP contribution is -2.42. The maximum atomic E-state index is 13.4. The van der Waals surface area contributed by atoms with Crippen molar-refractivity contribution in [3.63, 3.8) is 0 Å². The van der Waals surface area contributed by atoms with Crippen molar-refractivity contribution >= 4 is 5.97 Å². The lowest BCUT2D eigenvalue weighted by atomic mass is 9.69. The first-order chi connectivity index (χ1) is 10.0. The SMILES string of the molecule is Cc1ccc(F)cc1-c1nnnn1CC1(C(=O)O)CCC1. The standard InChI is InChI=1S/C14H15FN4O2/c1-9-3-4-10(15)7-11(9)12-16-17-18-19(12)8-14(13(20)21)5-2-6-14/h3-4,7H,2,5-6,8H2,1H3,(H,20,21). The molecule has 21 heavy (non-hydrogen) atoms. The van der Waals surface area contributed by atoms with Crippen LogP contribution in [0.2, 0.25) is 0 Å². The van der Waals surface area contributed by atoms with Crippen molar-refractivity contribution in [3.05, 3.63) is 29.6 Å². The molecule has 0 atom stereocenters. The molecular weight excluding hydrogens is 275 g/mol. The number of carboxylic acids is 1. The van der Waals surface area contributed by atoms with E-state index >= 15 is 0 Å². The average molecular weight is 290 g/mol. The van der Waals surface area contributed by atoms with Gasteiger partial charge < -0.3 is 5.11 Å². The summed E-state index contributed by atoms with van der Waals surface area (Å²) in [7, 11) is 0. The zero-order valence-electron chi connectivity index (χ0n) is 11.6. The molecule has 0 radical (unpaired) electrons. The van der Waals surface area contributed by atoms with Crippen molar-refractivity contribution in [2.24, 2.45) is 5.41 Å². The molecule has 6 nitrogen and oxygen atoms in total. The number of carbonyl (C=O) groups is 1. The van der Waals surface area contributed by atoms with Gasteiger partial charge in [0.1, 0.15) is 5.82 Å². The zero-order valence-corrected chi connectivity index (χ0v) is 11.6. The summed E-state index contributed by atoms with van der Waals surface area (Å²) >= 11 is 0. The molecule has 0 unspecified atom stereocenters. The van der Waals surface area contributed by atoms with Crippen LogP contribution in [-0.2, 0) is 11.3 Å².